The molecule has 3 aromatic carbocycles. The SMILES string of the molecule is COc1ccc(C2(c3ccc(OC)cc3)C[C@H]2C=CC(=O)NCCCCC2=Cc3ccccc3OC2)cc1. The molecule has 1 amide bonds. The van der Waals surface area contributed by atoms with Gasteiger partial charge >= 0.3 is 0 Å². The molecule has 1 heterocycles. The van der Waals surface area contributed by atoms with Crippen molar-refractivity contribution in [2.45, 2.75) is 31.1 Å². The van der Waals surface area contributed by atoms with E-state index in [2.05, 4.69) is 47.8 Å². The van der Waals surface area contributed by atoms with Crippen molar-refractivity contribution < 1.29 is 19.0 Å². The molecule has 1 saturated carbocycles. The molecule has 0 spiro atoms. The van der Waals surface area contributed by atoms with E-state index in [1.807, 2.05) is 42.5 Å². The van der Waals surface area contributed by atoms with Gasteiger partial charge in [-0.05, 0) is 90.8 Å². The lowest BCUT2D eigenvalue weighted by Gasteiger charge is -2.19. The van der Waals surface area contributed by atoms with Crippen LogP contribution in [0.3, 0.4) is 0 Å². The number of methoxy groups -OCH3 is 2. The molecule has 1 aliphatic heterocycles. The molecule has 0 unspecified atom stereocenters. The van der Waals surface area contributed by atoms with Gasteiger partial charge in [0.2, 0.25) is 5.91 Å². The second-order valence-corrected chi connectivity index (χ2v) is 9.98. The van der Waals surface area contributed by atoms with Crippen LogP contribution in [-0.2, 0) is 10.2 Å². The minimum atomic E-state index is -0.149. The van der Waals surface area contributed by atoms with E-state index in [9.17, 15) is 4.79 Å². The normalized spacial score (nSPS) is 17.2. The average Bonchev–Trinajstić information content (AvgIpc) is 3.71. The van der Waals surface area contributed by atoms with E-state index >= 15 is 0 Å². The summed E-state index contributed by atoms with van der Waals surface area (Å²) in [5.41, 5.74) is 4.75. The number of unbranched alkanes of at least 4 members (excludes halogenated alkanes) is 1. The van der Waals surface area contributed by atoms with Gasteiger partial charge in [0.15, 0.2) is 0 Å². The van der Waals surface area contributed by atoms with E-state index in [0.29, 0.717) is 13.2 Å². The summed E-state index contributed by atoms with van der Waals surface area (Å²) in [6, 6.07) is 24.6. The van der Waals surface area contributed by atoms with E-state index in [4.69, 9.17) is 14.2 Å². The third-order valence-corrected chi connectivity index (χ3v) is 7.62. The summed E-state index contributed by atoms with van der Waals surface area (Å²) >= 11 is 0. The standard InChI is InChI=1S/C33H35NO4/c1-36-29-15-10-26(11-16-29)33(27-12-17-30(37-2)18-13-27)22-28(33)14-19-32(35)34-20-6-5-7-24-21-25-8-3-4-9-31(25)38-23-24/h3-4,8-19,21,28H,5-7,20,22-23H2,1-2H3,(H,34,35)/t28-/m1/s1. The molecule has 0 aromatic heterocycles. The van der Waals surface area contributed by atoms with Crippen molar-refractivity contribution in [1.29, 1.82) is 0 Å². The predicted octanol–water partition coefficient (Wildman–Crippen LogP) is 6.33. The van der Waals surface area contributed by atoms with Crippen molar-refractivity contribution in [1.82, 2.24) is 5.32 Å². The third kappa shape index (κ3) is 5.62. The number of hydrogen-bond acceptors (Lipinski definition) is 4. The number of fused-ring (bicyclic) bond motifs is 1. The largest absolute Gasteiger partial charge is 0.497 e. The molecule has 1 N–H and O–H groups in total. The Labute approximate surface area is 225 Å². The Bertz CT molecular complexity index is 1260. The minimum absolute atomic E-state index is 0.0376. The quantitative estimate of drug-likeness (QED) is 0.242. The number of carbonyl (C=O) groups is 1. The zero-order valence-electron chi connectivity index (χ0n) is 22.1. The average molecular weight is 510 g/mol. The molecule has 38 heavy (non-hydrogen) atoms. The molecule has 0 radical (unpaired) electrons. The maximum atomic E-state index is 12.6. The number of hydrogen-bond donors (Lipinski definition) is 1. The molecular weight excluding hydrogens is 474 g/mol. The van der Waals surface area contributed by atoms with Crippen LogP contribution < -0.4 is 19.5 Å². The van der Waals surface area contributed by atoms with Crippen LogP contribution in [0, 0.1) is 5.92 Å². The van der Waals surface area contributed by atoms with E-state index < -0.39 is 0 Å². The summed E-state index contributed by atoms with van der Waals surface area (Å²) < 4.78 is 16.5. The molecular formula is C33H35NO4. The summed E-state index contributed by atoms with van der Waals surface area (Å²) in [5.74, 6) is 2.83. The first-order chi connectivity index (χ1) is 18.6. The van der Waals surface area contributed by atoms with Gasteiger partial charge in [-0.3, -0.25) is 4.79 Å². The molecule has 5 rings (SSSR count). The second-order valence-electron chi connectivity index (χ2n) is 9.98. The Morgan fingerprint density at radius 1 is 0.947 bits per heavy atom. The second kappa shape index (κ2) is 11.6. The highest BCUT2D eigenvalue weighted by Crippen LogP contribution is 2.59. The van der Waals surface area contributed by atoms with Crippen LogP contribution in [0.4, 0.5) is 0 Å². The first-order valence-corrected chi connectivity index (χ1v) is 13.3. The number of amides is 1. The zero-order valence-corrected chi connectivity index (χ0v) is 22.1. The van der Waals surface area contributed by atoms with Crippen molar-refractivity contribution in [2.24, 2.45) is 5.92 Å². The highest BCUT2D eigenvalue weighted by Gasteiger charge is 2.55. The fraction of sp³-hybridized carbons (Fsp3) is 0.303. The van der Waals surface area contributed by atoms with Crippen molar-refractivity contribution in [3.63, 3.8) is 0 Å². The fourth-order valence-corrected chi connectivity index (χ4v) is 5.39. The molecule has 0 saturated heterocycles. The van der Waals surface area contributed by atoms with Crippen molar-refractivity contribution in [3.8, 4) is 17.2 Å². The van der Waals surface area contributed by atoms with Crippen LogP contribution in [0.5, 0.6) is 17.2 Å². The van der Waals surface area contributed by atoms with Crippen molar-refractivity contribution >= 4 is 12.0 Å². The van der Waals surface area contributed by atoms with Gasteiger partial charge in [-0.2, -0.15) is 0 Å². The topological polar surface area (TPSA) is 56.8 Å². The number of carbonyl (C=O) groups excluding carboxylic acids is 1. The number of allylic oxidation sites excluding steroid dienone is 1. The predicted molar refractivity (Wildman–Crippen MR) is 151 cm³/mol. The van der Waals surface area contributed by atoms with Gasteiger partial charge in [-0.25, -0.2) is 0 Å². The van der Waals surface area contributed by atoms with Gasteiger partial charge in [0.1, 0.15) is 23.9 Å². The lowest BCUT2D eigenvalue weighted by atomic mass is 9.85. The van der Waals surface area contributed by atoms with Gasteiger partial charge in [0.25, 0.3) is 0 Å². The first kappa shape index (κ1) is 25.7. The van der Waals surface area contributed by atoms with Crippen molar-refractivity contribution in [3.05, 3.63) is 107 Å². The Kier molecular flexibility index (Phi) is 7.83. The fourth-order valence-electron chi connectivity index (χ4n) is 5.39. The van der Waals surface area contributed by atoms with Crippen LogP contribution >= 0.6 is 0 Å². The van der Waals surface area contributed by atoms with Gasteiger partial charge in [-0.1, -0.05) is 48.5 Å². The number of nitrogens with one attached hydrogen (secondary N) is 1. The Balaban J connectivity index is 1.14. The minimum Gasteiger partial charge on any atom is -0.497 e. The Morgan fingerprint density at radius 3 is 2.26 bits per heavy atom. The molecule has 2 aliphatic rings. The lowest BCUT2D eigenvalue weighted by Crippen LogP contribution is -2.22. The third-order valence-electron chi connectivity index (χ3n) is 7.62. The smallest absolute Gasteiger partial charge is 0.243 e. The molecule has 0 bridgehead atoms. The summed E-state index contributed by atoms with van der Waals surface area (Å²) in [6.07, 6.45) is 9.88. The Hall–Kier alpha value is -3.99. The summed E-state index contributed by atoms with van der Waals surface area (Å²) in [5, 5.41) is 3.05. The van der Waals surface area contributed by atoms with Gasteiger partial charge in [0.05, 0.1) is 14.2 Å². The lowest BCUT2D eigenvalue weighted by molar-refractivity contribution is -0.116. The number of benzene rings is 3. The van der Waals surface area contributed by atoms with Crippen LogP contribution in [-0.4, -0.2) is 33.3 Å². The molecule has 3 aromatic rings. The van der Waals surface area contributed by atoms with Gasteiger partial charge < -0.3 is 19.5 Å². The van der Waals surface area contributed by atoms with E-state index in [0.717, 1.165) is 48.5 Å². The maximum absolute atomic E-state index is 12.6. The number of rotatable bonds is 11. The number of ether oxygens (including phenoxy) is 3. The summed E-state index contributed by atoms with van der Waals surface area (Å²) in [4.78, 5) is 12.6. The first-order valence-electron chi connectivity index (χ1n) is 13.3. The molecule has 5 nitrogen and oxygen atoms in total. The molecule has 5 heteroatoms. The molecule has 196 valence electrons. The molecule has 1 atom stereocenters. The van der Waals surface area contributed by atoms with Crippen LogP contribution in [0.1, 0.15) is 42.4 Å². The monoisotopic (exact) mass is 509 g/mol. The zero-order chi connectivity index (χ0) is 26.4. The summed E-state index contributed by atoms with van der Waals surface area (Å²) in [6.45, 7) is 1.32. The molecule has 1 aliphatic carbocycles. The van der Waals surface area contributed by atoms with Crippen LogP contribution in [0.2, 0.25) is 0 Å². The maximum Gasteiger partial charge on any atom is 0.243 e. The highest BCUT2D eigenvalue weighted by molar-refractivity contribution is 5.87. The summed E-state index contributed by atoms with van der Waals surface area (Å²) in [7, 11) is 3.35. The number of para-hydroxylation sites is 1. The van der Waals surface area contributed by atoms with Gasteiger partial charge in [0, 0.05) is 17.5 Å². The molecule has 1 fully saturated rings. The van der Waals surface area contributed by atoms with E-state index in [1.165, 1.54) is 16.7 Å². The highest BCUT2D eigenvalue weighted by atomic mass is 16.5. The van der Waals surface area contributed by atoms with E-state index in [-0.39, 0.29) is 17.2 Å². The van der Waals surface area contributed by atoms with Crippen LogP contribution in [0.15, 0.2) is 90.5 Å². The van der Waals surface area contributed by atoms with E-state index in [1.54, 1.807) is 20.3 Å². The van der Waals surface area contributed by atoms with Gasteiger partial charge in [-0.15, -0.1) is 0 Å². The van der Waals surface area contributed by atoms with Crippen LogP contribution in [0.25, 0.3) is 6.08 Å². The van der Waals surface area contributed by atoms with Crippen molar-refractivity contribution in [2.75, 3.05) is 27.4 Å². The Morgan fingerprint density at radius 2 is 1.61 bits per heavy atom.